The zero-order valence-corrected chi connectivity index (χ0v) is 10.7. The van der Waals surface area contributed by atoms with E-state index in [1.165, 1.54) is 7.05 Å². The van der Waals surface area contributed by atoms with Gasteiger partial charge < -0.3 is 14.7 Å². The molecule has 1 aliphatic rings. The first kappa shape index (κ1) is 14.4. The van der Waals surface area contributed by atoms with Crippen LogP contribution in [0.5, 0.6) is 0 Å². The Labute approximate surface area is 113 Å². The number of carboxylic acids is 1. The topological polar surface area (TPSA) is 66.8 Å². The van der Waals surface area contributed by atoms with Crippen LogP contribution in [0.15, 0.2) is 18.2 Å². The van der Waals surface area contributed by atoms with Gasteiger partial charge in [-0.2, -0.15) is 0 Å². The maximum Gasteiger partial charge on any atom is 0.311 e. The van der Waals surface area contributed by atoms with E-state index >= 15 is 0 Å². The van der Waals surface area contributed by atoms with E-state index in [1.54, 1.807) is 0 Å². The molecule has 1 heterocycles. The lowest BCUT2D eigenvalue weighted by molar-refractivity contribution is -0.142. The van der Waals surface area contributed by atoms with E-state index in [4.69, 9.17) is 9.84 Å². The third-order valence-electron chi connectivity index (χ3n) is 3.34. The first-order chi connectivity index (χ1) is 9.41. The largest absolute Gasteiger partial charge is 0.481 e. The molecule has 1 fully saturated rings. The van der Waals surface area contributed by atoms with Gasteiger partial charge in [-0.3, -0.25) is 9.59 Å². The number of amides is 1. The number of halogens is 2. The third kappa shape index (κ3) is 2.62. The van der Waals surface area contributed by atoms with Gasteiger partial charge >= 0.3 is 5.97 Å². The Morgan fingerprint density at radius 3 is 2.70 bits per heavy atom. The second-order valence-electron chi connectivity index (χ2n) is 4.59. The molecule has 1 N–H and O–H groups in total. The summed E-state index contributed by atoms with van der Waals surface area (Å²) < 4.78 is 31.7. The fourth-order valence-electron chi connectivity index (χ4n) is 2.16. The molecule has 2 atom stereocenters. The van der Waals surface area contributed by atoms with Crippen LogP contribution in [0.2, 0.25) is 0 Å². The fourth-order valence-corrected chi connectivity index (χ4v) is 2.16. The lowest BCUT2D eigenvalue weighted by atomic mass is 10.0. The number of rotatable bonds is 3. The highest BCUT2D eigenvalue weighted by Crippen LogP contribution is 2.22. The lowest BCUT2D eigenvalue weighted by Crippen LogP contribution is -2.44. The molecule has 0 radical (unpaired) electrons. The molecular weight excluding hydrogens is 272 g/mol. The summed E-state index contributed by atoms with van der Waals surface area (Å²) in [6, 6.07) is 1.85. The molecule has 0 aromatic heterocycles. The van der Waals surface area contributed by atoms with E-state index in [0.29, 0.717) is 0 Å². The van der Waals surface area contributed by atoms with Crippen LogP contribution >= 0.6 is 0 Å². The van der Waals surface area contributed by atoms with Crippen molar-refractivity contribution >= 4 is 11.9 Å². The zero-order valence-electron chi connectivity index (χ0n) is 10.7. The Kier molecular flexibility index (Phi) is 3.99. The normalized spacial score (nSPS) is 21.8. The second-order valence-corrected chi connectivity index (χ2v) is 4.59. The van der Waals surface area contributed by atoms with Crippen molar-refractivity contribution < 1.29 is 28.2 Å². The monoisotopic (exact) mass is 285 g/mol. The lowest BCUT2D eigenvalue weighted by Gasteiger charge is -2.26. The molecule has 2 rings (SSSR count). The Morgan fingerprint density at radius 1 is 1.35 bits per heavy atom. The van der Waals surface area contributed by atoms with Gasteiger partial charge in [0.25, 0.3) is 5.91 Å². The highest BCUT2D eigenvalue weighted by atomic mass is 19.1. The number of likely N-dealkylation sites (N-methyl/N-ethyl adjacent to an activating group) is 1. The fraction of sp³-hybridized carbons (Fsp3) is 0.385. The van der Waals surface area contributed by atoms with Crippen LogP contribution < -0.4 is 0 Å². The van der Waals surface area contributed by atoms with E-state index in [2.05, 4.69) is 0 Å². The molecule has 108 valence electrons. The van der Waals surface area contributed by atoms with Crippen LogP contribution in [-0.2, 0) is 9.53 Å². The van der Waals surface area contributed by atoms with Crippen LogP contribution in [0.1, 0.15) is 10.4 Å². The Balaban J connectivity index is 2.24. The quantitative estimate of drug-likeness (QED) is 0.904. The summed E-state index contributed by atoms with van der Waals surface area (Å²) in [5, 5.41) is 9.03. The van der Waals surface area contributed by atoms with Crippen LogP contribution in [0.25, 0.3) is 0 Å². The summed E-state index contributed by atoms with van der Waals surface area (Å²) in [6.45, 7) is 0.0411. The molecule has 1 amide bonds. The van der Waals surface area contributed by atoms with Crippen molar-refractivity contribution in [3.8, 4) is 0 Å². The Bertz CT molecular complexity index is 549. The van der Waals surface area contributed by atoms with Crippen LogP contribution in [-0.4, -0.2) is 48.2 Å². The van der Waals surface area contributed by atoms with Gasteiger partial charge in [-0.15, -0.1) is 0 Å². The number of hydrogen-bond donors (Lipinski definition) is 1. The molecule has 0 spiro atoms. The number of aliphatic carboxylic acids is 1. The van der Waals surface area contributed by atoms with Crippen LogP contribution in [0.4, 0.5) is 8.78 Å². The van der Waals surface area contributed by atoms with E-state index in [9.17, 15) is 18.4 Å². The number of carbonyl (C=O) groups excluding carboxylic acids is 1. The summed E-state index contributed by atoms with van der Waals surface area (Å²) in [6.07, 6.45) is 0. The molecule has 2 unspecified atom stereocenters. The van der Waals surface area contributed by atoms with Crippen molar-refractivity contribution in [3.63, 3.8) is 0 Å². The number of benzene rings is 1. The molecule has 20 heavy (non-hydrogen) atoms. The molecule has 0 saturated carbocycles. The van der Waals surface area contributed by atoms with Crippen LogP contribution in [0, 0.1) is 17.6 Å². The highest BCUT2D eigenvalue weighted by Gasteiger charge is 2.39. The van der Waals surface area contributed by atoms with Gasteiger partial charge in [-0.1, -0.05) is 0 Å². The van der Waals surface area contributed by atoms with Crippen LogP contribution in [0.3, 0.4) is 0 Å². The molecule has 0 bridgehead atoms. The molecule has 1 aliphatic heterocycles. The van der Waals surface area contributed by atoms with Gasteiger partial charge in [0.15, 0.2) is 0 Å². The van der Waals surface area contributed by atoms with Crippen molar-refractivity contribution in [2.24, 2.45) is 5.92 Å². The molecule has 1 aromatic carbocycles. The minimum absolute atomic E-state index is 0.0107. The predicted molar refractivity (Wildman–Crippen MR) is 64.2 cm³/mol. The van der Waals surface area contributed by atoms with Gasteiger partial charge in [-0.25, -0.2) is 8.78 Å². The molecule has 5 nitrogen and oxygen atoms in total. The maximum atomic E-state index is 13.6. The Hall–Kier alpha value is -2.02. The number of nitrogens with zero attached hydrogens (tertiary/aromatic N) is 1. The molecule has 1 aromatic rings. The minimum atomic E-state index is -1.09. The van der Waals surface area contributed by atoms with Crippen molar-refractivity contribution in [2.45, 2.75) is 6.04 Å². The van der Waals surface area contributed by atoms with Crippen molar-refractivity contribution in [1.82, 2.24) is 4.90 Å². The third-order valence-corrected chi connectivity index (χ3v) is 3.34. The van der Waals surface area contributed by atoms with Gasteiger partial charge in [0.1, 0.15) is 17.6 Å². The average molecular weight is 285 g/mol. The van der Waals surface area contributed by atoms with Gasteiger partial charge in [0.2, 0.25) is 0 Å². The Morgan fingerprint density at radius 2 is 2.05 bits per heavy atom. The van der Waals surface area contributed by atoms with E-state index in [1.807, 2.05) is 0 Å². The molecule has 7 heteroatoms. The standard InChI is InChI=1S/C13H13F2NO4/c1-16(11-6-20-5-9(11)13(18)19)12(17)8-4-7(14)2-3-10(8)15/h2-4,9,11H,5-6H2,1H3,(H,18,19). The SMILES string of the molecule is CN(C(=O)c1cc(F)ccc1F)C1COCC1C(=O)O. The predicted octanol–water partition coefficient (Wildman–Crippen LogP) is 1.14. The molecule has 0 aliphatic carbocycles. The number of carbonyl (C=O) groups is 2. The first-order valence-electron chi connectivity index (χ1n) is 5.94. The first-order valence-corrected chi connectivity index (χ1v) is 5.94. The highest BCUT2D eigenvalue weighted by molar-refractivity contribution is 5.95. The summed E-state index contributed by atoms with van der Waals surface area (Å²) in [5.74, 6) is -4.33. The number of hydrogen-bond acceptors (Lipinski definition) is 3. The smallest absolute Gasteiger partial charge is 0.311 e. The maximum absolute atomic E-state index is 13.6. The van der Waals surface area contributed by atoms with E-state index in [0.717, 1.165) is 23.1 Å². The van der Waals surface area contributed by atoms with E-state index < -0.39 is 41.0 Å². The number of carboxylic acid groups (broad SMARTS) is 1. The van der Waals surface area contributed by atoms with Crippen molar-refractivity contribution in [1.29, 1.82) is 0 Å². The summed E-state index contributed by atoms with van der Waals surface area (Å²) in [4.78, 5) is 24.3. The van der Waals surface area contributed by atoms with Gasteiger partial charge in [0, 0.05) is 7.05 Å². The summed E-state index contributed by atoms with van der Waals surface area (Å²) in [7, 11) is 1.35. The van der Waals surface area contributed by atoms with E-state index in [-0.39, 0.29) is 13.2 Å². The molecular formula is C13H13F2NO4. The molecule has 1 saturated heterocycles. The van der Waals surface area contributed by atoms with Gasteiger partial charge in [0.05, 0.1) is 24.8 Å². The zero-order chi connectivity index (χ0) is 14.9. The number of ether oxygens (including phenoxy) is 1. The average Bonchev–Trinajstić information content (AvgIpc) is 2.89. The summed E-state index contributed by atoms with van der Waals surface area (Å²) >= 11 is 0. The van der Waals surface area contributed by atoms with Crippen molar-refractivity contribution in [3.05, 3.63) is 35.4 Å². The van der Waals surface area contributed by atoms with Gasteiger partial charge in [-0.05, 0) is 18.2 Å². The van der Waals surface area contributed by atoms with Crippen molar-refractivity contribution in [2.75, 3.05) is 20.3 Å². The summed E-state index contributed by atoms with van der Waals surface area (Å²) in [5.41, 5.74) is -0.427. The second kappa shape index (κ2) is 5.54. The minimum Gasteiger partial charge on any atom is -0.481 e.